The molecule has 0 radical (unpaired) electrons. The first-order valence-corrected chi connectivity index (χ1v) is 14.5. The molecule has 1 aliphatic heterocycles. The summed E-state index contributed by atoms with van der Waals surface area (Å²) in [5.74, 6) is 0.642. The predicted molar refractivity (Wildman–Crippen MR) is 160 cm³/mol. The van der Waals surface area contributed by atoms with Gasteiger partial charge in [0.2, 0.25) is 11.8 Å². The molecule has 5 aromatic rings. The van der Waals surface area contributed by atoms with Crippen LogP contribution in [-0.2, 0) is 0 Å². The van der Waals surface area contributed by atoms with E-state index in [0.29, 0.717) is 40.1 Å². The van der Waals surface area contributed by atoms with Gasteiger partial charge in [-0.25, -0.2) is 14.4 Å². The molecule has 1 aromatic carbocycles. The van der Waals surface area contributed by atoms with Gasteiger partial charge in [0, 0.05) is 55.1 Å². The topological polar surface area (TPSA) is 106 Å². The molecule has 10 nitrogen and oxygen atoms in total. The highest BCUT2D eigenvalue weighted by Crippen LogP contribution is 2.33. The Balaban J connectivity index is 1.26. The first-order valence-electron chi connectivity index (χ1n) is 14.5. The number of furan rings is 1. The highest BCUT2D eigenvalue weighted by Gasteiger charge is 2.25. The largest absolute Gasteiger partial charge is 0.448 e. The molecule has 0 amide bonds. The Bertz CT molecular complexity index is 1810. The van der Waals surface area contributed by atoms with E-state index in [1.807, 2.05) is 40.3 Å². The van der Waals surface area contributed by atoms with Gasteiger partial charge in [-0.15, -0.1) is 0 Å². The maximum absolute atomic E-state index is 15.2. The summed E-state index contributed by atoms with van der Waals surface area (Å²) in [4.78, 5) is 30.1. The van der Waals surface area contributed by atoms with Crippen LogP contribution in [0.2, 0.25) is 0 Å². The fourth-order valence-corrected chi connectivity index (χ4v) is 6.30. The number of hydrogen-bond acceptors (Lipinski definition) is 8. The van der Waals surface area contributed by atoms with Gasteiger partial charge in [-0.3, -0.25) is 13.9 Å². The number of halogens is 1. The van der Waals surface area contributed by atoms with Crippen LogP contribution in [-0.4, -0.2) is 49.8 Å². The SMILES string of the molecule is Cc1c(-c2cc3cnc(Nc4ccc(N5CCNCC5C)c(F)c4)nc3n(C3CCCC3)c2=O)ncn1-c1ccco1. The van der Waals surface area contributed by atoms with Crippen LogP contribution >= 0.6 is 0 Å². The molecule has 1 saturated carbocycles. The van der Waals surface area contributed by atoms with Gasteiger partial charge in [0.25, 0.3) is 5.56 Å². The smallest absolute Gasteiger partial charge is 0.262 e. The second kappa shape index (κ2) is 10.7. The first-order chi connectivity index (χ1) is 20.5. The molecule has 1 unspecified atom stereocenters. The standard InChI is InChI=1S/C31H33FN8O2/c1-19-16-33-11-12-38(19)26-10-9-22(15-25(26)32)36-31-34-17-21-14-24(28-20(2)39(18-35-28)27-8-5-13-42-27)30(41)40(29(21)37-31)23-6-3-4-7-23/h5,8-10,13-15,17-19,23,33H,3-4,6-7,11-12,16H2,1-2H3,(H,34,36,37). The average Bonchev–Trinajstić information content (AvgIpc) is 3.77. The second-order valence-corrected chi connectivity index (χ2v) is 11.2. The summed E-state index contributed by atoms with van der Waals surface area (Å²) in [5.41, 5.74) is 3.46. The summed E-state index contributed by atoms with van der Waals surface area (Å²) in [6.07, 6.45) is 8.92. The summed E-state index contributed by atoms with van der Waals surface area (Å²) < 4.78 is 24.4. The molecule has 0 bridgehead atoms. The number of pyridine rings is 1. The highest BCUT2D eigenvalue weighted by atomic mass is 19.1. The van der Waals surface area contributed by atoms with Crippen LogP contribution in [0.15, 0.2) is 64.4 Å². The van der Waals surface area contributed by atoms with Crippen LogP contribution < -0.4 is 21.1 Å². The van der Waals surface area contributed by atoms with E-state index >= 15 is 4.39 Å². The van der Waals surface area contributed by atoms with Crippen LogP contribution in [0.3, 0.4) is 0 Å². The lowest BCUT2D eigenvalue weighted by Gasteiger charge is -2.36. The van der Waals surface area contributed by atoms with Crippen LogP contribution in [0.4, 0.5) is 21.7 Å². The van der Waals surface area contributed by atoms with E-state index in [9.17, 15) is 4.79 Å². The van der Waals surface area contributed by atoms with Crippen molar-refractivity contribution in [3.8, 4) is 17.1 Å². The second-order valence-electron chi connectivity index (χ2n) is 11.2. The van der Waals surface area contributed by atoms with E-state index in [-0.39, 0.29) is 23.5 Å². The van der Waals surface area contributed by atoms with Crippen LogP contribution in [0.5, 0.6) is 0 Å². The Hall–Kier alpha value is -4.51. The molecule has 42 heavy (non-hydrogen) atoms. The fraction of sp³-hybridized carbons (Fsp3) is 0.355. The zero-order chi connectivity index (χ0) is 28.8. The molecule has 5 heterocycles. The van der Waals surface area contributed by atoms with Crippen molar-refractivity contribution in [2.24, 2.45) is 0 Å². The lowest BCUT2D eigenvalue weighted by atomic mass is 10.1. The fourth-order valence-electron chi connectivity index (χ4n) is 6.30. The Morgan fingerprint density at radius 1 is 1.14 bits per heavy atom. The van der Waals surface area contributed by atoms with Crippen molar-refractivity contribution < 1.29 is 8.81 Å². The van der Waals surface area contributed by atoms with Crippen molar-refractivity contribution >= 4 is 28.4 Å². The third-order valence-electron chi connectivity index (χ3n) is 8.48. The minimum Gasteiger partial charge on any atom is -0.448 e. The Morgan fingerprint density at radius 2 is 2.00 bits per heavy atom. The van der Waals surface area contributed by atoms with Gasteiger partial charge in [-0.1, -0.05) is 12.8 Å². The molecular weight excluding hydrogens is 535 g/mol. The Kier molecular flexibility index (Phi) is 6.73. The molecule has 2 N–H and O–H groups in total. The average molecular weight is 569 g/mol. The van der Waals surface area contributed by atoms with E-state index < -0.39 is 0 Å². The number of piperazine rings is 1. The number of anilines is 3. The lowest BCUT2D eigenvalue weighted by molar-refractivity contribution is 0.491. The summed E-state index contributed by atoms with van der Waals surface area (Å²) in [5, 5.41) is 7.23. The van der Waals surface area contributed by atoms with Gasteiger partial charge in [0.05, 0.1) is 28.9 Å². The Morgan fingerprint density at radius 3 is 2.76 bits per heavy atom. The van der Waals surface area contributed by atoms with Crippen molar-refractivity contribution in [1.29, 1.82) is 0 Å². The predicted octanol–water partition coefficient (Wildman–Crippen LogP) is 5.34. The monoisotopic (exact) mass is 568 g/mol. The van der Waals surface area contributed by atoms with Crippen LogP contribution in [0, 0.1) is 12.7 Å². The number of hydrogen-bond donors (Lipinski definition) is 2. The van der Waals surface area contributed by atoms with E-state index in [1.165, 1.54) is 6.07 Å². The third kappa shape index (κ3) is 4.63. The number of nitrogens with zero attached hydrogens (tertiary/aromatic N) is 6. The number of imidazole rings is 1. The molecule has 4 aromatic heterocycles. The maximum atomic E-state index is 15.2. The van der Waals surface area contributed by atoms with E-state index in [1.54, 1.807) is 24.9 Å². The van der Waals surface area contributed by atoms with Gasteiger partial charge in [0.15, 0.2) is 0 Å². The van der Waals surface area contributed by atoms with Crippen molar-refractivity contribution in [3.05, 3.63) is 77.1 Å². The number of fused-ring (bicyclic) bond motifs is 1. The minimum atomic E-state index is -0.300. The van der Waals surface area contributed by atoms with E-state index in [4.69, 9.17) is 9.40 Å². The Labute approximate surface area is 242 Å². The zero-order valence-electron chi connectivity index (χ0n) is 23.7. The number of benzene rings is 1. The molecule has 1 aliphatic carbocycles. The van der Waals surface area contributed by atoms with Crippen molar-refractivity contribution in [3.63, 3.8) is 0 Å². The summed E-state index contributed by atoms with van der Waals surface area (Å²) >= 11 is 0. The van der Waals surface area contributed by atoms with Gasteiger partial charge in [-0.2, -0.15) is 4.98 Å². The van der Waals surface area contributed by atoms with Crippen molar-refractivity contribution in [2.45, 2.75) is 51.6 Å². The number of rotatable bonds is 6. The van der Waals surface area contributed by atoms with E-state index in [2.05, 4.69) is 32.4 Å². The molecule has 216 valence electrons. The van der Waals surface area contributed by atoms with Gasteiger partial charge >= 0.3 is 0 Å². The van der Waals surface area contributed by atoms with Crippen molar-refractivity contribution in [2.75, 3.05) is 29.9 Å². The molecule has 11 heteroatoms. The molecule has 0 spiro atoms. The minimum absolute atomic E-state index is 0.0351. The zero-order valence-corrected chi connectivity index (χ0v) is 23.7. The quantitative estimate of drug-likeness (QED) is 0.283. The molecule has 7 rings (SSSR count). The summed E-state index contributed by atoms with van der Waals surface area (Å²) in [6.45, 7) is 6.40. The summed E-state index contributed by atoms with van der Waals surface area (Å²) in [7, 11) is 0. The molecular formula is C31H33FN8O2. The number of aromatic nitrogens is 5. The highest BCUT2D eigenvalue weighted by molar-refractivity contribution is 5.82. The van der Waals surface area contributed by atoms with Gasteiger partial charge in [0.1, 0.15) is 17.8 Å². The third-order valence-corrected chi connectivity index (χ3v) is 8.48. The van der Waals surface area contributed by atoms with Crippen LogP contribution in [0.1, 0.15) is 44.3 Å². The molecule has 1 atom stereocenters. The first kappa shape index (κ1) is 26.4. The molecule has 2 aliphatic rings. The van der Waals surface area contributed by atoms with Gasteiger partial charge in [-0.05, 0) is 57.0 Å². The normalized spacial score (nSPS) is 17.8. The van der Waals surface area contributed by atoms with Crippen molar-refractivity contribution in [1.82, 2.24) is 29.4 Å². The van der Waals surface area contributed by atoms with Crippen LogP contribution in [0.25, 0.3) is 28.2 Å². The van der Waals surface area contributed by atoms with E-state index in [0.717, 1.165) is 56.4 Å². The van der Waals surface area contributed by atoms with Gasteiger partial charge < -0.3 is 20.0 Å². The molecule has 2 fully saturated rings. The molecule has 1 saturated heterocycles. The lowest BCUT2D eigenvalue weighted by Crippen LogP contribution is -2.50. The summed E-state index contributed by atoms with van der Waals surface area (Å²) in [6, 6.07) is 10.8. The number of nitrogens with one attached hydrogen (secondary N) is 2. The maximum Gasteiger partial charge on any atom is 0.262 e.